The van der Waals surface area contributed by atoms with E-state index >= 15 is 0 Å². The second kappa shape index (κ2) is 3.19. The van der Waals surface area contributed by atoms with Gasteiger partial charge in [0, 0.05) is 32.2 Å². The number of likely N-dealkylation sites (N-methyl/N-ethyl adjacent to an activating group) is 1. The van der Waals surface area contributed by atoms with Gasteiger partial charge in [0.05, 0.1) is 6.61 Å². The molecule has 1 spiro atoms. The first-order chi connectivity index (χ1) is 6.81. The Bertz CT molecular complexity index is 221. The van der Waals surface area contributed by atoms with Crippen LogP contribution in [0.5, 0.6) is 0 Å². The molecule has 0 amide bonds. The van der Waals surface area contributed by atoms with Crippen molar-refractivity contribution >= 4 is 0 Å². The lowest BCUT2D eigenvalue weighted by Gasteiger charge is -2.54. The first kappa shape index (κ1) is 9.13. The standard InChI is InChI=1S/C11H20N2O/c1-2-12-7-11(8-12)9-13(5-6-14-11)10-3-4-10/h10H,2-9H2,1H3. The van der Waals surface area contributed by atoms with Gasteiger partial charge in [-0.2, -0.15) is 0 Å². The van der Waals surface area contributed by atoms with Crippen molar-refractivity contribution in [3.63, 3.8) is 0 Å². The van der Waals surface area contributed by atoms with E-state index in [1.54, 1.807) is 0 Å². The van der Waals surface area contributed by atoms with Crippen LogP contribution >= 0.6 is 0 Å². The summed E-state index contributed by atoms with van der Waals surface area (Å²) in [6.45, 7) is 9.03. The summed E-state index contributed by atoms with van der Waals surface area (Å²) in [7, 11) is 0. The van der Waals surface area contributed by atoms with E-state index in [1.807, 2.05) is 0 Å². The highest BCUT2D eigenvalue weighted by atomic mass is 16.5. The monoisotopic (exact) mass is 196 g/mol. The molecule has 2 saturated heterocycles. The maximum Gasteiger partial charge on any atom is 0.106 e. The summed E-state index contributed by atoms with van der Waals surface area (Å²) in [6.07, 6.45) is 2.85. The van der Waals surface area contributed by atoms with Crippen LogP contribution in [0.3, 0.4) is 0 Å². The topological polar surface area (TPSA) is 15.7 Å². The average Bonchev–Trinajstić information content (AvgIpc) is 2.97. The van der Waals surface area contributed by atoms with Gasteiger partial charge in [-0.25, -0.2) is 0 Å². The van der Waals surface area contributed by atoms with Gasteiger partial charge >= 0.3 is 0 Å². The van der Waals surface area contributed by atoms with Crippen molar-refractivity contribution in [2.24, 2.45) is 0 Å². The summed E-state index contributed by atoms with van der Waals surface area (Å²) < 4.78 is 5.96. The highest BCUT2D eigenvalue weighted by Crippen LogP contribution is 2.34. The van der Waals surface area contributed by atoms with Crippen molar-refractivity contribution in [2.75, 3.05) is 39.3 Å². The molecule has 0 aromatic carbocycles. The molecule has 3 nitrogen and oxygen atoms in total. The zero-order valence-electron chi connectivity index (χ0n) is 9.04. The van der Waals surface area contributed by atoms with E-state index in [9.17, 15) is 0 Å². The Morgan fingerprint density at radius 1 is 1.29 bits per heavy atom. The molecule has 3 aliphatic rings. The van der Waals surface area contributed by atoms with Crippen LogP contribution in [-0.4, -0.2) is 60.8 Å². The Morgan fingerprint density at radius 3 is 2.71 bits per heavy atom. The first-order valence-corrected chi connectivity index (χ1v) is 5.92. The normalized spacial score (nSPS) is 33.2. The highest BCUT2D eigenvalue weighted by Gasteiger charge is 2.48. The Kier molecular flexibility index (Phi) is 2.08. The molecule has 2 aliphatic heterocycles. The molecule has 3 fully saturated rings. The average molecular weight is 196 g/mol. The van der Waals surface area contributed by atoms with Gasteiger partial charge in [-0.15, -0.1) is 0 Å². The number of morpholine rings is 1. The van der Waals surface area contributed by atoms with Crippen LogP contribution in [0.4, 0.5) is 0 Å². The molecule has 0 radical (unpaired) electrons. The lowest BCUT2D eigenvalue weighted by molar-refractivity contribution is -0.183. The van der Waals surface area contributed by atoms with Crippen molar-refractivity contribution in [2.45, 2.75) is 31.4 Å². The van der Waals surface area contributed by atoms with Crippen molar-refractivity contribution in [1.29, 1.82) is 0 Å². The second-order valence-corrected chi connectivity index (χ2v) is 5.04. The predicted molar refractivity (Wildman–Crippen MR) is 55.4 cm³/mol. The van der Waals surface area contributed by atoms with Crippen LogP contribution in [0.1, 0.15) is 19.8 Å². The van der Waals surface area contributed by atoms with Gasteiger partial charge in [-0.05, 0) is 19.4 Å². The number of ether oxygens (including phenoxy) is 1. The van der Waals surface area contributed by atoms with E-state index < -0.39 is 0 Å². The van der Waals surface area contributed by atoms with Gasteiger partial charge in [-0.3, -0.25) is 9.80 Å². The van der Waals surface area contributed by atoms with Gasteiger partial charge in [0.1, 0.15) is 5.60 Å². The molecule has 1 aliphatic carbocycles. The van der Waals surface area contributed by atoms with E-state index in [0.29, 0.717) is 0 Å². The van der Waals surface area contributed by atoms with Crippen molar-refractivity contribution in [3.05, 3.63) is 0 Å². The molecular weight excluding hydrogens is 176 g/mol. The predicted octanol–water partition coefficient (Wildman–Crippen LogP) is 0.555. The minimum Gasteiger partial charge on any atom is -0.370 e. The number of hydrogen-bond acceptors (Lipinski definition) is 3. The van der Waals surface area contributed by atoms with E-state index in [0.717, 1.165) is 25.7 Å². The maximum absolute atomic E-state index is 5.96. The fourth-order valence-corrected chi connectivity index (χ4v) is 2.81. The fraction of sp³-hybridized carbons (Fsp3) is 1.00. The molecule has 0 unspecified atom stereocenters. The van der Waals surface area contributed by atoms with Crippen LogP contribution < -0.4 is 0 Å². The van der Waals surface area contributed by atoms with E-state index in [2.05, 4.69) is 16.7 Å². The third-order valence-corrected chi connectivity index (χ3v) is 3.81. The molecule has 3 rings (SSSR count). The molecule has 0 bridgehead atoms. The maximum atomic E-state index is 5.96. The Labute approximate surface area is 86.0 Å². The third kappa shape index (κ3) is 1.47. The van der Waals surface area contributed by atoms with Gasteiger partial charge in [0.15, 0.2) is 0 Å². The number of hydrogen-bond donors (Lipinski definition) is 0. The van der Waals surface area contributed by atoms with Crippen LogP contribution in [0.15, 0.2) is 0 Å². The summed E-state index contributed by atoms with van der Waals surface area (Å²) in [6, 6.07) is 0.909. The summed E-state index contributed by atoms with van der Waals surface area (Å²) in [5.41, 5.74) is 0.219. The zero-order valence-corrected chi connectivity index (χ0v) is 9.04. The molecule has 0 N–H and O–H groups in total. The molecule has 0 atom stereocenters. The molecule has 1 saturated carbocycles. The van der Waals surface area contributed by atoms with Crippen LogP contribution in [0.2, 0.25) is 0 Å². The van der Waals surface area contributed by atoms with Gasteiger partial charge in [-0.1, -0.05) is 6.92 Å². The van der Waals surface area contributed by atoms with Crippen molar-refractivity contribution < 1.29 is 4.74 Å². The largest absolute Gasteiger partial charge is 0.370 e. The lowest BCUT2D eigenvalue weighted by atomic mass is 9.92. The summed E-state index contributed by atoms with van der Waals surface area (Å²) >= 11 is 0. The number of nitrogens with zero attached hydrogens (tertiary/aromatic N) is 2. The molecular formula is C11H20N2O. The van der Waals surface area contributed by atoms with Crippen LogP contribution in [0, 0.1) is 0 Å². The summed E-state index contributed by atoms with van der Waals surface area (Å²) in [5, 5.41) is 0. The SMILES string of the molecule is CCN1CC2(C1)CN(C1CC1)CCO2. The van der Waals surface area contributed by atoms with E-state index in [-0.39, 0.29) is 5.60 Å². The van der Waals surface area contributed by atoms with Crippen LogP contribution in [-0.2, 0) is 4.74 Å². The molecule has 3 heteroatoms. The minimum atomic E-state index is 0.219. The quantitative estimate of drug-likeness (QED) is 0.641. The first-order valence-electron chi connectivity index (χ1n) is 5.92. The third-order valence-electron chi connectivity index (χ3n) is 3.81. The molecule has 0 aromatic heterocycles. The molecule has 14 heavy (non-hydrogen) atoms. The van der Waals surface area contributed by atoms with Gasteiger partial charge in [0.2, 0.25) is 0 Å². The molecule has 2 heterocycles. The Balaban J connectivity index is 1.59. The fourth-order valence-electron chi connectivity index (χ4n) is 2.81. The Morgan fingerprint density at radius 2 is 2.07 bits per heavy atom. The van der Waals surface area contributed by atoms with Crippen molar-refractivity contribution in [1.82, 2.24) is 9.80 Å². The lowest BCUT2D eigenvalue weighted by Crippen LogP contribution is -2.70. The van der Waals surface area contributed by atoms with Crippen molar-refractivity contribution in [3.8, 4) is 0 Å². The number of rotatable bonds is 2. The van der Waals surface area contributed by atoms with Gasteiger partial charge in [0.25, 0.3) is 0 Å². The number of likely N-dealkylation sites (tertiary alicyclic amines) is 1. The smallest absolute Gasteiger partial charge is 0.106 e. The van der Waals surface area contributed by atoms with E-state index in [4.69, 9.17) is 4.74 Å². The minimum absolute atomic E-state index is 0.219. The highest BCUT2D eigenvalue weighted by molar-refractivity contribution is 5.03. The second-order valence-electron chi connectivity index (χ2n) is 5.04. The molecule has 0 aromatic rings. The zero-order chi connectivity index (χ0) is 9.60. The summed E-state index contributed by atoms with van der Waals surface area (Å²) in [5.74, 6) is 0. The van der Waals surface area contributed by atoms with E-state index in [1.165, 1.54) is 32.5 Å². The molecule has 80 valence electrons. The van der Waals surface area contributed by atoms with Crippen LogP contribution in [0.25, 0.3) is 0 Å². The van der Waals surface area contributed by atoms with Gasteiger partial charge < -0.3 is 4.74 Å². The Hall–Kier alpha value is -0.120. The summed E-state index contributed by atoms with van der Waals surface area (Å²) in [4.78, 5) is 5.12.